The Labute approximate surface area is 95.0 Å². The van der Waals surface area contributed by atoms with E-state index in [1.807, 2.05) is 0 Å². The molecule has 1 saturated heterocycles. The van der Waals surface area contributed by atoms with Gasteiger partial charge < -0.3 is 0 Å². The third-order valence-corrected chi connectivity index (χ3v) is 3.90. The highest BCUT2D eigenvalue weighted by molar-refractivity contribution is 8.00. The molecule has 5 heteroatoms. The van der Waals surface area contributed by atoms with Crippen LogP contribution in [0.1, 0.15) is 23.2 Å². The summed E-state index contributed by atoms with van der Waals surface area (Å²) in [7, 11) is 0. The predicted molar refractivity (Wildman–Crippen MR) is 56.1 cm³/mol. The summed E-state index contributed by atoms with van der Waals surface area (Å²) in [6, 6.07) is 1.79. The lowest BCUT2D eigenvalue weighted by molar-refractivity contribution is 0.0983. The minimum Gasteiger partial charge on any atom is -0.293 e. The predicted octanol–water partition coefficient (Wildman–Crippen LogP) is 3.18. The van der Waals surface area contributed by atoms with Crippen molar-refractivity contribution in [1.82, 2.24) is 0 Å². The molecule has 1 heterocycles. The van der Waals surface area contributed by atoms with Gasteiger partial charge in [0.05, 0.1) is 10.8 Å². The van der Waals surface area contributed by atoms with Crippen LogP contribution in [0.3, 0.4) is 0 Å². The highest BCUT2D eigenvalue weighted by atomic mass is 32.2. The molecule has 2 rings (SSSR count). The van der Waals surface area contributed by atoms with Crippen molar-refractivity contribution in [2.24, 2.45) is 0 Å². The lowest BCUT2D eigenvalue weighted by atomic mass is 10.0. The molecule has 0 aromatic heterocycles. The molecule has 0 spiro atoms. The largest absolute Gasteiger partial charge is 0.293 e. The van der Waals surface area contributed by atoms with Crippen molar-refractivity contribution in [3.8, 4) is 0 Å². The van der Waals surface area contributed by atoms with E-state index in [4.69, 9.17) is 0 Å². The average molecular weight is 246 g/mol. The zero-order valence-electron chi connectivity index (χ0n) is 8.30. The van der Waals surface area contributed by atoms with E-state index in [9.17, 15) is 18.0 Å². The van der Waals surface area contributed by atoms with Gasteiger partial charge in [-0.2, -0.15) is 11.8 Å². The van der Waals surface area contributed by atoms with Gasteiger partial charge in [-0.1, -0.05) is 0 Å². The molecule has 16 heavy (non-hydrogen) atoms. The fraction of sp³-hybridized carbons (Fsp3) is 0.364. The van der Waals surface area contributed by atoms with Gasteiger partial charge in [-0.15, -0.1) is 0 Å². The first kappa shape index (κ1) is 11.5. The summed E-state index contributed by atoms with van der Waals surface area (Å²) in [5.41, 5.74) is -0.349. The SMILES string of the molecule is O=C(c1ccc(F)c(F)c1F)C1CCCS1. The molecule has 86 valence electrons. The van der Waals surface area contributed by atoms with Crippen LogP contribution < -0.4 is 0 Å². The fourth-order valence-electron chi connectivity index (χ4n) is 1.67. The van der Waals surface area contributed by atoms with Crippen molar-refractivity contribution in [2.75, 3.05) is 5.75 Å². The van der Waals surface area contributed by atoms with E-state index >= 15 is 0 Å². The number of Topliss-reactive ketones (excluding diaryl/α,β-unsaturated/α-hetero) is 1. The monoisotopic (exact) mass is 246 g/mol. The molecular weight excluding hydrogens is 237 g/mol. The first-order chi connectivity index (χ1) is 7.61. The van der Waals surface area contributed by atoms with Gasteiger partial charge in [0.15, 0.2) is 23.2 Å². The summed E-state index contributed by atoms with van der Waals surface area (Å²) in [5.74, 6) is -3.82. The quantitative estimate of drug-likeness (QED) is 0.589. The van der Waals surface area contributed by atoms with Crippen LogP contribution in [0.4, 0.5) is 13.2 Å². The number of carbonyl (C=O) groups is 1. The standard InChI is InChI=1S/C11H9F3OS/c12-7-4-3-6(9(13)10(7)14)11(15)8-2-1-5-16-8/h3-4,8H,1-2,5H2. The second kappa shape index (κ2) is 4.49. The van der Waals surface area contributed by atoms with Crippen molar-refractivity contribution in [2.45, 2.75) is 18.1 Å². The minimum absolute atomic E-state index is 0.320. The Kier molecular flexibility index (Phi) is 3.23. The van der Waals surface area contributed by atoms with Crippen molar-refractivity contribution in [3.05, 3.63) is 35.1 Å². The lowest BCUT2D eigenvalue weighted by Gasteiger charge is -2.08. The van der Waals surface area contributed by atoms with Crippen LogP contribution in [0, 0.1) is 17.5 Å². The van der Waals surface area contributed by atoms with E-state index in [1.165, 1.54) is 11.8 Å². The van der Waals surface area contributed by atoms with Gasteiger partial charge in [-0.25, -0.2) is 13.2 Å². The van der Waals surface area contributed by atoms with Crippen LogP contribution in [-0.2, 0) is 0 Å². The number of hydrogen-bond donors (Lipinski definition) is 0. The summed E-state index contributed by atoms with van der Waals surface area (Å²) in [6.07, 6.45) is 1.56. The van der Waals surface area contributed by atoms with Crippen molar-refractivity contribution in [1.29, 1.82) is 0 Å². The van der Waals surface area contributed by atoms with E-state index < -0.39 is 23.2 Å². The molecule has 1 fully saturated rings. The molecule has 0 bridgehead atoms. The third-order valence-electron chi connectivity index (χ3n) is 2.52. The van der Waals surface area contributed by atoms with Gasteiger partial charge in [-0.05, 0) is 30.7 Å². The molecular formula is C11H9F3OS. The Bertz CT molecular complexity index is 427. The molecule has 1 aromatic carbocycles. The van der Waals surface area contributed by atoms with E-state index in [1.54, 1.807) is 0 Å². The summed E-state index contributed by atoms with van der Waals surface area (Å²) in [6.45, 7) is 0. The summed E-state index contributed by atoms with van der Waals surface area (Å²) < 4.78 is 38.9. The first-order valence-corrected chi connectivity index (χ1v) is 5.95. The maximum atomic E-state index is 13.3. The maximum absolute atomic E-state index is 13.3. The number of carbonyl (C=O) groups excluding carboxylic acids is 1. The van der Waals surface area contributed by atoms with Gasteiger partial charge >= 0.3 is 0 Å². The molecule has 0 N–H and O–H groups in total. The van der Waals surface area contributed by atoms with Crippen LogP contribution in [0.2, 0.25) is 0 Å². The summed E-state index contributed by atoms with van der Waals surface area (Å²) >= 11 is 1.43. The summed E-state index contributed by atoms with van der Waals surface area (Å²) in [5, 5.41) is -0.320. The van der Waals surface area contributed by atoms with Crippen molar-refractivity contribution in [3.63, 3.8) is 0 Å². The van der Waals surface area contributed by atoms with Crippen LogP contribution in [0.5, 0.6) is 0 Å². The van der Waals surface area contributed by atoms with E-state index in [-0.39, 0.29) is 10.8 Å². The van der Waals surface area contributed by atoms with Gasteiger partial charge in [-0.3, -0.25) is 4.79 Å². The second-order valence-electron chi connectivity index (χ2n) is 3.59. The topological polar surface area (TPSA) is 17.1 Å². The van der Waals surface area contributed by atoms with Crippen LogP contribution in [0.25, 0.3) is 0 Å². The maximum Gasteiger partial charge on any atom is 0.195 e. The molecule has 1 atom stereocenters. The Balaban J connectivity index is 2.33. The van der Waals surface area contributed by atoms with Crippen molar-refractivity contribution < 1.29 is 18.0 Å². The Morgan fingerprint density at radius 1 is 1.25 bits per heavy atom. The Morgan fingerprint density at radius 2 is 2.00 bits per heavy atom. The Hall–Kier alpha value is -0.970. The smallest absolute Gasteiger partial charge is 0.195 e. The van der Waals surface area contributed by atoms with Crippen LogP contribution >= 0.6 is 11.8 Å². The molecule has 0 amide bonds. The highest BCUT2D eigenvalue weighted by Gasteiger charge is 2.28. The average Bonchev–Trinajstić information content (AvgIpc) is 2.79. The van der Waals surface area contributed by atoms with E-state index in [0.29, 0.717) is 6.42 Å². The molecule has 1 aromatic rings. The summed E-state index contributed by atoms with van der Waals surface area (Å²) in [4.78, 5) is 11.8. The number of rotatable bonds is 2. The molecule has 1 aliphatic heterocycles. The number of hydrogen-bond acceptors (Lipinski definition) is 2. The molecule has 0 aliphatic carbocycles. The van der Waals surface area contributed by atoms with Crippen LogP contribution in [-0.4, -0.2) is 16.8 Å². The van der Waals surface area contributed by atoms with Crippen molar-refractivity contribution >= 4 is 17.5 Å². The number of ketones is 1. The first-order valence-electron chi connectivity index (χ1n) is 4.90. The number of benzene rings is 1. The van der Waals surface area contributed by atoms with Gasteiger partial charge in [0.1, 0.15) is 0 Å². The minimum atomic E-state index is -1.58. The molecule has 1 aliphatic rings. The third kappa shape index (κ3) is 1.96. The fourth-order valence-corrected chi connectivity index (χ4v) is 2.90. The number of halogens is 3. The zero-order chi connectivity index (χ0) is 11.7. The van der Waals surface area contributed by atoms with Gasteiger partial charge in [0.25, 0.3) is 0 Å². The van der Waals surface area contributed by atoms with Crippen LogP contribution in [0.15, 0.2) is 12.1 Å². The van der Waals surface area contributed by atoms with E-state index in [0.717, 1.165) is 24.3 Å². The van der Waals surface area contributed by atoms with E-state index in [2.05, 4.69) is 0 Å². The zero-order valence-corrected chi connectivity index (χ0v) is 9.12. The molecule has 0 saturated carbocycles. The lowest BCUT2D eigenvalue weighted by Crippen LogP contribution is -2.16. The second-order valence-corrected chi connectivity index (χ2v) is 4.90. The van der Waals surface area contributed by atoms with Gasteiger partial charge in [0, 0.05) is 0 Å². The Morgan fingerprint density at radius 3 is 2.62 bits per heavy atom. The molecule has 0 radical (unpaired) electrons. The highest BCUT2D eigenvalue weighted by Crippen LogP contribution is 2.30. The molecule has 1 nitrogen and oxygen atoms in total. The molecule has 1 unspecified atom stereocenters. The normalized spacial score (nSPS) is 20.1. The van der Waals surface area contributed by atoms with Gasteiger partial charge in [0.2, 0.25) is 0 Å². The number of thioether (sulfide) groups is 1.